The molecule has 1 heterocycles. The first-order chi connectivity index (χ1) is 11.1. The minimum absolute atomic E-state index is 0.374. The van der Waals surface area contributed by atoms with E-state index in [0.717, 1.165) is 12.0 Å². The largest absolute Gasteiger partial charge is 0.508 e. The molecule has 1 aromatic carbocycles. The van der Waals surface area contributed by atoms with E-state index in [-0.39, 0.29) is 0 Å². The highest BCUT2D eigenvalue weighted by Crippen LogP contribution is 2.57. The first kappa shape index (κ1) is 15.5. The van der Waals surface area contributed by atoms with Crippen molar-refractivity contribution in [3.8, 4) is 5.75 Å². The molecule has 0 spiro atoms. The van der Waals surface area contributed by atoms with Crippen molar-refractivity contribution in [2.75, 3.05) is 20.1 Å². The van der Waals surface area contributed by atoms with E-state index in [4.69, 9.17) is 0 Å². The van der Waals surface area contributed by atoms with Gasteiger partial charge in [0, 0.05) is 24.2 Å². The fourth-order valence-corrected chi connectivity index (χ4v) is 6.25. The number of phenols is 1. The molecule has 3 aliphatic rings. The van der Waals surface area contributed by atoms with E-state index in [2.05, 4.69) is 26.1 Å². The molecule has 0 aromatic heterocycles. The molecule has 1 saturated carbocycles. The number of likely N-dealkylation sites (tertiary alicyclic amines) is 1. The van der Waals surface area contributed by atoms with Gasteiger partial charge in [0.15, 0.2) is 0 Å². The van der Waals surface area contributed by atoms with Crippen LogP contribution in [0.2, 0.25) is 0 Å². The van der Waals surface area contributed by atoms with Crippen LogP contribution in [-0.4, -0.2) is 35.8 Å². The number of piperidine rings is 1. The van der Waals surface area contributed by atoms with Crippen molar-refractivity contribution in [3.05, 3.63) is 29.3 Å². The fourth-order valence-electron chi connectivity index (χ4n) is 6.25. The van der Waals surface area contributed by atoms with Crippen molar-refractivity contribution in [1.29, 1.82) is 0 Å². The maximum Gasteiger partial charge on any atom is 0.115 e. The summed E-state index contributed by atoms with van der Waals surface area (Å²) in [6.45, 7) is 5.00. The zero-order chi connectivity index (χ0) is 16.1. The van der Waals surface area contributed by atoms with Crippen LogP contribution >= 0.6 is 0 Å². The maximum absolute atomic E-state index is 10.1. The van der Waals surface area contributed by atoms with E-state index in [1.54, 1.807) is 0 Å². The Labute approximate surface area is 141 Å². The van der Waals surface area contributed by atoms with Gasteiger partial charge >= 0.3 is 0 Å². The van der Waals surface area contributed by atoms with Gasteiger partial charge in [-0.05, 0) is 42.5 Å². The Kier molecular flexibility index (Phi) is 3.72. The summed E-state index contributed by atoms with van der Waals surface area (Å²) < 4.78 is 1.29. The van der Waals surface area contributed by atoms with Crippen molar-refractivity contribution in [1.82, 2.24) is 0 Å². The van der Waals surface area contributed by atoms with Gasteiger partial charge in [-0.2, -0.15) is 0 Å². The van der Waals surface area contributed by atoms with E-state index in [1.807, 2.05) is 6.07 Å². The fraction of sp³-hybridized carbons (Fsp3) is 0.714. The number of quaternary nitrogens is 1. The number of hydrogen-bond acceptors (Lipinski definition) is 1. The Balaban J connectivity index is 1.79. The van der Waals surface area contributed by atoms with Crippen LogP contribution in [0.5, 0.6) is 5.75 Å². The molecular weight excluding hydrogens is 282 g/mol. The standard InChI is InChI=1S/C21H31NO/c1-3-4-12-22(2)13-11-21-10-6-5-7-18(21)20(22)14-16-8-9-17(23)15-19(16)21/h8-9,15,18,20H,3-7,10-14H2,1-2H3/p+1/t18-,20+,21+,22?/m1/s1. The second-order valence-corrected chi connectivity index (χ2v) is 8.65. The van der Waals surface area contributed by atoms with Crippen molar-refractivity contribution in [2.45, 2.75) is 69.7 Å². The predicted octanol–water partition coefficient (Wildman–Crippen LogP) is 4.40. The van der Waals surface area contributed by atoms with Crippen molar-refractivity contribution in [3.63, 3.8) is 0 Å². The molecule has 2 heteroatoms. The molecule has 2 nitrogen and oxygen atoms in total. The van der Waals surface area contributed by atoms with Crippen LogP contribution in [-0.2, 0) is 11.8 Å². The quantitative estimate of drug-likeness (QED) is 0.820. The average Bonchev–Trinajstić information content (AvgIpc) is 2.57. The van der Waals surface area contributed by atoms with Crippen LogP contribution in [0.4, 0.5) is 0 Å². The lowest BCUT2D eigenvalue weighted by Crippen LogP contribution is -2.68. The third kappa shape index (κ3) is 2.25. The van der Waals surface area contributed by atoms with E-state index in [1.165, 1.54) is 80.1 Å². The number of fused-ring (bicyclic) bond motifs is 1. The number of unbranched alkanes of at least 4 members (excludes halogenated alkanes) is 1. The summed E-state index contributed by atoms with van der Waals surface area (Å²) in [5.74, 6) is 1.30. The first-order valence-corrected chi connectivity index (χ1v) is 9.76. The zero-order valence-electron chi connectivity index (χ0n) is 14.9. The Morgan fingerprint density at radius 1 is 1.26 bits per heavy atom. The minimum Gasteiger partial charge on any atom is -0.508 e. The van der Waals surface area contributed by atoms with Crippen molar-refractivity contribution >= 4 is 0 Å². The lowest BCUT2D eigenvalue weighted by atomic mass is 9.52. The second kappa shape index (κ2) is 5.51. The molecule has 1 aromatic rings. The van der Waals surface area contributed by atoms with Gasteiger partial charge in [-0.3, -0.25) is 0 Å². The molecule has 126 valence electrons. The molecular formula is C21H32NO+. The molecule has 0 radical (unpaired) electrons. The Bertz CT molecular complexity index is 598. The van der Waals surface area contributed by atoms with Gasteiger partial charge in [0.2, 0.25) is 0 Å². The first-order valence-electron chi connectivity index (χ1n) is 9.76. The highest BCUT2D eigenvalue weighted by Gasteiger charge is 2.58. The van der Waals surface area contributed by atoms with E-state index in [0.29, 0.717) is 11.2 Å². The summed E-state index contributed by atoms with van der Waals surface area (Å²) >= 11 is 0. The molecule has 1 saturated heterocycles. The highest BCUT2D eigenvalue weighted by atomic mass is 16.3. The lowest BCUT2D eigenvalue weighted by molar-refractivity contribution is -0.945. The van der Waals surface area contributed by atoms with E-state index in [9.17, 15) is 5.11 Å². The maximum atomic E-state index is 10.1. The van der Waals surface area contributed by atoms with Gasteiger partial charge in [-0.1, -0.05) is 32.3 Å². The normalized spacial score (nSPS) is 38.7. The highest BCUT2D eigenvalue weighted by molar-refractivity contribution is 5.44. The van der Waals surface area contributed by atoms with Crippen LogP contribution < -0.4 is 0 Å². The topological polar surface area (TPSA) is 20.2 Å². The molecule has 4 rings (SSSR count). The van der Waals surface area contributed by atoms with Crippen LogP contribution in [0.15, 0.2) is 18.2 Å². The Hall–Kier alpha value is -1.02. The van der Waals surface area contributed by atoms with Crippen LogP contribution in [0.1, 0.15) is 63.0 Å². The molecule has 0 amide bonds. The van der Waals surface area contributed by atoms with Gasteiger partial charge < -0.3 is 9.59 Å². The SMILES string of the molecule is CCCC[N+]1(C)CC[C@@]23CCCC[C@@H]2[C@@H]1Cc1ccc(O)cc13. The lowest BCUT2D eigenvalue weighted by Gasteiger charge is -2.61. The smallest absolute Gasteiger partial charge is 0.115 e. The van der Waals surface area contributed by atoms with Gasteiger partial charge in [-0.15, -0.1) is 0 Å². The van der Waals surface area contributed by atoms with E-state index >= 15 is 0 Å². The van der Waals surface area contributed by atoms with Crippen molar-refractivity contribution < 1.29 is 9.59 Å². The monoisotopic (exact) mass is 314 g/mol. The average molecular weight is 314 g/mol. The third-order valence-electron chi connectivity index (χ3n) is 7.51. The molecule has 2 bridgehead atoms. The number of benzene rings is 1. The summed E-state index contributed by atoms with van der Waals surface area (Å²) in [4.78, 5) is 0. The number of likely N-dealkylation sites (N-methyl/N-ethyl adjacent to an activating group) is 1. The summed E-state index contributed by atoms with van der Waals surface area (Å²) in [7, 11) is 2.53. The number of nitrogens with zero attached hydrogens (tertiary/aromatic N) is 1. The summed E-state index contributed by atoms with van der Waals surface area (Å²) in [6, 6.07) is 7.04. The van der Waals surface area contributed by atoms with Gasteiger partial charge in [0.25, 0.3) is 0 Å². The zero-order valence-corrected chi connectivity index (χ0v) is 14.9. The molecule has 2 aliphatic carbocycles. The van der Waals surface area contributed by atoms with Crippen LogP contribution in [0.25, 0.3) is 0 Å². The predicted molar refractivity (Wildman–Crippen MR) is 94.7 cm³/mol. The number of aromatic hydroxyl groups is 1. The summed E-state index contributed by atoms with van der Waals surface area (Å²) in [5.41, 5.74) is 3.42. The number of phenolic OH excluding ortho intramolecular Hbond substituents is 1. The second-order valence-electron chi connectivity index (χ2n) is 8.65. The van der Waals surface area contributed by atoms with Gasteiger partial charge in [-0.25, -0.2) is 0 Å². The minimum atomic E-state index is 0.374. The molecule has 1 unspecified atom stereocenters. The molecule has 1 N–H and O–H groups in total. The number of hydrogen-bond donors (Lipinski definition) is 1. The van der Waals surface area contributed by atoms with Crippen molar-refractivity contribution in [2.24, 2.45) is 5.92 Å². The molecule has 4 atom stereocenters. The Morgan fingerprint density at radius 3 is 2.96 bits per heavy atom. The molecule has 23 heavy (non-hydrogen) atoms. The Morgan fingerprint density at radius 2 is 2.13 bits per heavy atom. The van der Waals surface area contributed by atoms with Crippen LogP contribution in [0, 0.1) is 5.92 Å². The third-order valence-corrected chi connectivity index (χ3v) is 7.51. The molecule has 1 aliphatic heterocycles. The van der Waals surface area contributed by atoms with Gasteiger partial charge in [0.1, 0.15) is 5.75 Å². The summed E-state index contributed by atoms with van der Waals surface area (Å²) in [6.07, 6.45) is 10.7. The summed E-state index contributed by atoms with van der Waals surface area (Å²) in [5, 5.41) is 10.1. The number of rotatable bonds is 3. The van der Waals surface area contributed by atoms with Crippen LogP contribution in [0.3, 0.4) is 0 Å². The molecule has 2 fully saturated rings. The van der Waals surface area contributed by atoms with Gasteiger partial charge in [0.05, 0.1) is 26.2 Å². The van der Waals surface area contributed by atoms with E-state index < -0.39 is 0 Å².